The first-order valence-electron chi connectivity index (χ1n) is 15.9. The molecule has 2 aliphatic carbocycles. The number of furan rings is 1. The van der Waals surface area contributed by atoms with E-state index < -0.39 is 0 Å². The fourth-order valence-corrected chi connectivity index (χ4v) is 8.60. The lowest BCUT2D eigenvalue weighted by molar-refractivity contribution is 0.660. The molecule has 5 aromatic carbocycles. The predicted molar refractivity (Wildman–Crippen MR) is 187 cm³/mol. The van der Waals surface area contributed by atoms with Crippen molar-refractivity contribution in [3.8, 4) is 22.3 Å². The molecule has 4 heterocycles. The van der Waals surface area contributed by atoms with Gasteiger partial charge in [0.1, 0.15) is 17.0 Å². The van der Waals surface area contributed by atoms with Crippen molar-refractivity contribution in [3.05, 3.63) is 126 Å². The summed E-state index contributed by atoms with van der Waals surface area (Å²) in [7, 11) is 0. The molecule has 3 aromatic heterocycles. The third kappa shape index (κ3) is 2.88. The van der Waals surface area contributed by atoms with E-state index in [1.807, 2.05) is 0 Å². The SMILES string of the molecule is CC1(C)c2ccccc2-c2ccc(-c3ccc4c(c3)c3cc5c6ccccc6oc5c5c6c(n4c35)NC3C=CC=CC3N6)cc21. The third-order valence-electron chi connectivity index (χ3n) is 10.8. The van der Waals surface area contributed by atoms with Crippen molar-refractivity contribution in [2.24, 2.45) is 0 Å². The van der Waals surface area contributed by atoms with Gasteiger partial charge in [0.25, 0.3) is 0 Å². The summed E-state index contributed by atoms with van der Waals surface area (Å²) in [6, 6.07) is 34.0. The first kappa shape index (κ1) is 23.9. The van der Waals surface area contributed by atoms with Gasteiger partial charge in [-0.2, -0.15) is 0 Å². The summed E-state index contributed by atoms with van der Waals surface area (Å²) in [5, 5.41) is 13.8. The molecular weight excluding hydrogens is 550 g/mol. The lowest BCUT2D eigenvalue weighted by Gasteiger charge is -2.33. The first-order chi connectivity index (χ1) is 22.1. The monoisotopic (exact) mass is 579 g/mol. The number of allylic oxidation sites excluding steroid dienone is 2. The van der Waals surface area contributed by atoms with E-state index >= 15 is 0 Å². The molecule has 45 heavy (non-hydrogen) atoms. The fourth-order valence-electron chi connectivity index (χ4n) is 8.60. The maximum atomic E-state index is 6.63. The Labute approximate surface area is 259 Å². The van der Waals surface area contributed by atoms with Crippen LogP contribution in [0.4, 0.5) is 11.5 Å². The first-order valence-corrected chi connectivity index (χ1v) is 15.9. The van der Waals surface area contributed by atoms with Crippen molar-refractivity contribution in [2.75, 3.05) is 10.6 Å². The second kappa shape index (κ2) is 7.96. The largest absolute Gasteiger partial charge is 0.455 e. The highest BCUT2D eigenvalue weighted by atomic mass is 16.3. The Balaban J connectivity index is 1.20. The number of aromatic nitrogens is 1. The number of para-hydroxylation sites is 1. The van der Waals surface area contributed by atoms with Gasteiger partial charge in [0.05, 0.1) is 34.2 Å². The minimum Gasteiger partial charge on any atom is -0.455 e. The molecule has 1 aliphatic heterocycles. The van der Waals surface area contributed by atoms with Crippen molar-refractivity contribution in [1.29, 1.82) is 0 Å². The Morgan fingerprint density at radius 3 is 2.33 bits per heavy atom. The zero-order chi connectivity index (χ0) is 29.6. The van der Waals surface area contributed by atoms with Crippen LogP contribution >= 0.6 is 0 Å². The summed E-state index contributed by atoms with van der Waals surface area (Å²) >= 11 is 0. The van der Waals surface area contributed by atoms with E-state index in [9.17, 15) is 0 Å². The molecule has 2 unspecified atom stereocenters. The van der Waals surface area contributed by atoms with Gasteiger partial charge in [-0.05, 0) is 63.7 Å². The van der Waals surface area contributed by atoms with Gasteiger partial charge in [0, 0.05) is 27.0 Å². The molecule has 0 saturated heterocycles. The van der Waals surface area contributed by atoms with Crippen LogP contribution in [0.15, 0.2) is 120 Å². The number of anilines is 2. The Kier molecular flexibility index (Phi) is 4.23. The maximum Gasteiger partial charge on any atom is 0.147 e. The van der Waals surface area contributed by atoms with Crippen molar-refractivity contribution in [1.82, 2.24) is 4.40 Å². The Bertz CT molecular complexity index is 2650. The molecule has 0 spiro atoms. The van der Waals surface area contributed by atoms with Gasteiger partial charge < -0.3 is 15.1 Å². The topological polar surface area (TPSA) is 41.6 Å². The van der Waals surface area contributed by atoms with E-state index in [1.54, 1.807) is 0 Å². The van der Waals surface area contributed by atoms with Gasteiger partial charge >= 0.3 is 0 Å². The highest BCUT2D eigenvalue weighted by molar-refractivity contribution is 6.30. The summed E-state index contributed by atoms with van der Waals surface area (Å²) in [5.74, 6) is 1.10. The van der Waals surface area contributed by atoms with E-state index in [-0.39, 0.29) is 17.5 Å². The van der Waals surface area contributed by atoms with E-state index in [0.29, 0.717) is 0 Å². The number of fused-ring (bicyclic) bond motifs is 14. The standard InChI is InChI=1S/C41H29N3O/c1-41(2)30-11-5-3-9-24(30)25-17-15-23(20-31(25)41)22-16-18-34-27(19-22)28-21-29-26-10-4-8-14-35(26)45-39(29)36-37-40(44(34)38(28)36)43-33-13-7-6-12-32(33)42-37/h3-21,32-33,42-43H,1-2H3. The van der Waals surface area contributed by atoms with Gasteiger partial charge in [0.15, 0.2) is 0 Å². The van der Waals surface area contributed by atoms with Crippen LogP contribution in [-0.4, -0.2) is 16.5 Å². The molecule has 0 saturated carbocycles. The summed E-state index contributed by atoms with van der Waals surface area (Å²) in [6.45, 7) is 4.70. The molecule has 4 nitrogen and oxygen atoms in total. The van der Waals surface area contributed by atoms with Crippen molar-refractivity contribution in [2.45, 2.75) is 31.3 Å². The average Bonchev–Trinajstić information content (AvgIpc) is 3.77. The highest BCUT2D eigenvalue weighted by Gasteiger charge is 2.36. The van der Waals surface area contributed by atoms with Crippen LogP contribution in [0.25, 0.3) is 71.4 Å². The molecule has 3 aliphatic rings. The van der Waals surface area contributed by atoms with Crippen LogP contribution in [0.3, 0.4) is 0 Å². The van der Waals surface area contributed by atoms with Crippen LogP contribution in [0.5, 0.6) is 0 Å². The van der Waals surface area contributed by atoms with E-state index in [0.717, 1.165) is 38.8 Å². The molecule has 214 valence electrons. The Hall–Kier alpha value is -5.48. The van der Waals surface area contributed by atoms with Crippen LogP contribution < -0.4 is 10.6 Å². The van der Waals surface area contributed by atoms with Crippen LogP contribution in [0, 0.1) is 0 Å². The highest BCUT2D eigenvalue weighted by Crippen LogP contribution is 2.52. The number of hydrogen-bond acceptors (Lipinski definition) is 3. The summed E-state index contributed by atoms with van der Waals surface area (Å²) in [6.07, 6.45) is 8.75. The van der Waals surface area contributed by atoms with Crippen LogP contribution in [0.2, 0.25) is 0 Å². The van der Waals surface area contributed by atoms with Gasteiger partial charge in [-0.15, -0.1) is 0 Å². The average molecular weight is 580 g/mol. The number of nitrogens with zero attached hydrogens (tertiary/aromatic N) is 1. The van der Waals surface area contributed by atoms with E-state index in [4.69, 9.17) is 4.42 Å². The van der Waals surface area contributed by atoms with Gasteiger partial charge in [-0.1, -0.05) is 98.8 Å². The molecule has 4 heteroatoms. The molecule has 11 rings (SSSR count). The lowest BCUT2D eigenvalue weighted by atomic mass is 9.81. The predicted octanol–water partition coefficient (Wildman–Crippen LogP) is 10.3. The lowest BCUT2D eigenvalue weighted by Crippen LogP contribution is -2.41. The fraction of sp³-hybridized carbons (Fsp3) is 0.122. The van der Waals surface area contributed by atoms with Gasteiger partial charge in [0.2, 0.25) is 0 Å². The second-order valence-corrected chi connectivity index (χ2v) is 13.5. The normalized spacial score (nSPS) is 19.2. The molecular formula is C41H29N3O. The van der Waals surface area contributed by atoms with Crippen LogP contribution in [-0.2, 0) is 5.41 Å². The number of nitrogens with one attached hydrogen (secondary N) is 2. The summed E-state index contributed by atoms with van der Waals surface area (Å²) < 4.78 is 9.05. The summed E-state index contributed by atoms with van der Waals surface area (Å²) in [5.41, 5.74) is 13.4. The zero-order valence-electron chi connectivity index (χ0n) is 25.0. The molecule has 8 aromatic rings. The molecule has 0 amide bonds. The molecule has 0 bridgehead atoms. The van der Waals surface area contributed by atoms with Gasteiger partial charge in [-0.3, -0.25) is 4.40 Å². The Morgan fingerprint density at radius 2 is 1.42 bits per heavy atom. The number of rotatable bonds is 1. The maximum absolute atomic E-state index is 6.63. The molecule has 2 atom stereocenters. The summed E-state index contributed by atoms with van der Waals surface area (Å²) in [4.78, 5) is 0. The number of hydrogen-bond donors (Lipinski definition) is 2. The van der Waals surface area contributed by atoms with Gasteiger partial charge in [-0.25, -0.2) is 0 Å². The zero-order valence-corrected chi connectivity index (χ0v) is 25.0. The smallest absolute Gasteiger partial charge is 0.147 e. The quantitative estimate of drug-likeness (QED) is 0.203. The third-order valence-corrected chi connectivity index (χ3v) is 10.8. The minimum absolute atomic E-state index is 0.0329. The van der Waals surface area contributed by atoms with Crippen molar-refractivity contribution < 1.29 is 4.42 Å². The van der Waals surface area contributed by atoms with Crippen LogP contribution in [0.1, 0.15) is 25.0 Å². The van der Waals surface area contributed by atoms with E-state index in [2.05, 4.69) is 144 Å². The second-order valence-electron chi connectivity index (χ2n) is 13.5. The molecule has 0 fully saturated rings. The van der Waals surface area contributed by atoms with E-state index in [1.165, 1.54) is 55.2 Å². The Morgan fingerprint density at radius 1 is 0.667 bits per heavy atom. The minimum atomic E-state index is -0.0329. The number of benzene rings is 5. The molecule has 2 N–H and O–H groups in total. The van der Waals surface area contributed by atoms with Crippen molar-refractivity contribution in [3.63, 3.8) is 0 Å². The molecule has 0 radical (unpaired) electrons. The van der Waals surface area contributed by atoms with Crippen molar-refractivity contribution >= 4 is 60.6 Å².